The second-order valence-corrected chi connectivity index (χ2v) is 10.3. The lowest BCUT2D eigenvalue weighted by Gasteiger charge is -2.30. The quantitative estimate of drug-likeness (QED) is 0.659. The first-order chi connectivity index (χ1) is 14.2. The molecule has 9 heteroatoms. The highest BCUT2D eigenvalue weighted by Crippen LogP contribution is 2.31. The summed E-state index contributed by atoms with van der Waals surface area (Å²) >= 11 is 0. The van der Waals surface area contributed by atoms with Gasteiger partial charge in [0.1, 0.15) is 5.54 Å². The third-order valence-corrected chi connectivity index (χ3v) is 7.39. The third kappa shape index (κ3) is 4.50. The molecule has 1 aromatic rings. The van der Waals surface area contributed by atoms with Crippen LogP contribution in [0.2, 0.25) is 0 Å². The van der Waals surface area contributed by atoms with Gasteiger partial charge in [-0.1, -0.05) is 26.0 Å². The van der Waals surface area contributed by atoms with E-state index in [1.165, 1.54) is 0 Å². The SMILES string of the molecule is CCCN(CCC)C(=O)c1ccc(CN2C(=O)NC3(CCS(=O)(=O)CC3)C2=O)cc1. The van der Waals surface area contributed by atoms with E-state index >= 15 is 0 Å². The van der Waals surface area contributed by atoms with Gasteiger partial charge in [-0.2, -0.15) is 0 Å². The Hall–Kier alpha value is -2.42. The van der Waals surface area contributed by atoms with Crippen LogP contribution >= 0.6 is 0 Å². The molecule has 4 amide bonds. The number of benzene rings is 1. The first-order valence-corrected chi connectivity index (χ1v) is 12.3. The molecule has 0 radical (unpaired) electrons. The molecule has 2 aliphatic rings. The van der Waals surface area contributed by atoms with Gasteiger partial charge in [0.15, 0.2) is 9.84 Å². The van der Waals surface area contributed by atoms with Gasteiger partial charge >= 0.3 is 6.03 Å². The highest BCUT2D eigenvalue weighted by atomic mass is 32.2. The molecule has 30 heavy (non-hydrogen) atoms. The Bertz CT molecular complexity index is 906. The molecular weight excluding hydrogens is 406 g/mol. The van der Waals surface area contributed by atoms with Gasteiger partial charge in [-0.05, 0) is 43.4 Å². The summed E-state index contributed by atoms with van der Waals surface area (Å²) in [4.78, 5) is 41.0. The molecule has 2 aliphatic heterocycles. The van der Waals surface area contributed by atoms with Crippen molar-refractivity contribution in [2.45, 2.75) is 51.6 Å². The topological polar surface area (TPSA) is 104 Å². The van der Waals surface area contributed by atoms with E-state index in [4.69, 9.17) is 0 Å². The summed E-state index contributed by atoms with van der Waals surface area (Å²) < 4.78 is 23.4. The van der Waals surface area contributed by atoms with E-state index in [1.807, 2.05) is 18.7 Å². The molecule has 2 heterocycles. The van der Waals surface area contributed by atoms with Gasteiger partial charge in [0.25, 0.3) is 11.8 Å². The number of urea groups is 1. The fourth-order valence-electron chi connectivity index (χ4n) is 4.02. The van der Waals surface area contributed by atoms with E-state index in [0.717, 1.165) is 23.3 Å². The summed E-state index contributed by atoms with van der Waals surface area (Å²) in [5.74, 6) is -0.604. The minimum Gasteiger partial charge on any atom is -0.339 e. The van der Waals surface area contributed by atoms with Gasteiger partial charge < -0.3 is 10.2 Å². The predicted molar refractivity (Wildman–Crippen MR) is 113 cm³/mol. The van der Waals surface area contributed by atoms with Crippen molar-refractivity contribution in [2.75, 3.05) is 24.6 Å². The van der Waals surface area contributed by atoms with Crippen molar-refractivity contribution in [1.29, 1.82) is 0 Å². The fourth-order valence-corrected chi connectivity index (χ4v) is 5.54. The molecule has 8 nitrogen and oxygen atoms in total. The highest BCUT2D eigenvalue weighted by molar-refractivity contribution is 7.91. The Morgan fingerprint density at radius 2 is 1.63 bits per heavy atom. The van der Waals surface area contributed by atoms with Crippen molar-refractivity contribution in [3.8, 4) is 0 Å². The van der Waals surface area contributed by atoms with Gasteiger partial charge in [0, 0.05) is 18.7 Å². The maximum absolute atomic E-state index is 12.9. The Morgan fingerprint density at radius 1 is 1.07 bits per heavy atom. The van der Waals surface area contributed by atoms with Crippen molar-refractivity contribution in [3.63, 3.8) is 0 Å². The molecule has 0 aliphatic carbocycles. The number of carbonyl (C=O) groups excluding carboxylic acids is 3. The molecular formula is C21H29N3O5S. The van der Waals surface area contributed by atoms with Crippen LogP contribution in [0.1, 0.15) is 55.5 Å². The number of hydrogen-bond donors (Lipinski definition) is 1. The van der Waals surface area contributed by atoms with Gasteiger partial charge in [-0.25, -0.2) is 13.2 Å². The molecule has 1 aromatic carbocycles. The lowest BCUT2D eigenvalue weighted by atomic mass is 9.92. The monoisotopic (exact) mass is 435 g/mol. The van der Waals surface area contributed by atoms with Crippen molar-refractivity contribution in [2.24, 2.45) is 0 Å². The fraction of sp³-hybridized carbons (Fsp3) is 0.571. The smallest absolute Gasteiger partial charge is 0.325 e. The largest absolute Gasteiger partial charge is 0.339 e. The minimum absolute atomic E-state index is 0.0254. The second-order valence-electron chi connectivity index (χ2n) is 8.04. The Labute approximate surface area is 177 Å². The zero-order valence-corrected chi connectivity index (χ0v) is 18.3. The number of amides is 4. The van der Waals surface area contributed by atoms with Crippen LogP contribution in [0.25, 0.3) is 0 Å². The van der Waals surface area contributed by atoms with Gasteiger partial charge in [-0.15, -0.1) is 0 Å². The number of hydrogen-bond acceptors (Lipinski definition) is 5. The number of carbonyl (C=O) groups is 3. The van der Waals surface area contributed by atoms with Crippen LogP contribution in [0.4, 0.5) is 4.79 Å². The van der Waals surface area contributed by atoms with Crippen LogP contribution in [-0.2, 0) is 21.2 Å². The molecule has 0 unspecified atom stereocenters. The lowest BCUT2D eigenvalue weighted by molar-refractivity contribution is -0.132. The first kappa shape index (κ1) is 22.3. The summed E-state index contributed by atoms with van der Waals surface area (Å²) in [5.41, 5.74) is 0.193. The van der Waals surface area contributed by atoms with Crippen molar-refractivity contribution in [1.82, 2.24) is 15.1 Å². The third-order valence-electron chi connectivity index (χ3n) is 5.74. The average molecular weight is 436 g/mol. The number of imide groups is 1. The molecule has 1 spiro atoms. The van der Waals surface area contributed by atoms with Gasteiger partial charge in [-0.3, -0.25) is 14.5 Å². The van der Waals surface area contributed by atoms with E-state index < -0.39 is 21.4 Å². The summed E-state index contributed by atoms with van der Waals surface area (Å²) in [7, 11) is -3.15. The van der Waals surface area contributed by atoms with E-state index in [2.05, 4.69) is 5.32 Å². The zero-order valence-electron chi connectivity index (χ0n) is 17.5. The van der Waals surface area contributed by atoms with Crippen LogP contribution in [0, 0.1) is 0 Å². The van der Waals surface area contributed by atoms with E-state index in [-0.39, 0.29) is 42.7 Å². The second kappa shape index (κ2) is 8.75. The summed E-state index contributed by atoms with van der Waals surface area (Å²) in [6, 6.07) is 6.44. The molecule has 0 bridgehead atoms. The maximum atomic E-state index is 12.9. The van der Waals surface area contributed by atoms with Crippen molar-refractivity contribution >= 4 is 27.7 Å². The number of sulfone groups is 1. The molecule has 0 atom stereocenters. The molecule has 164 valence electrons. The van der Waals surface area contributed by atoms with Crippen LogP contribution in [0.15, 0.2) is 24.3 Å². The molecule has 0 saturated carbocycles. The molecule has 3 rings (SSSR count). The van der Waals surface area contributed by atoms with Gasteiger partial charge in [0.05, 0.1) is 18.1 Å². The Morgan fingerprint density at radius 3 is 2.17 bits per heavy atom. The average Bonchev–Trinajstić information content (AvgIpc) is 2.95. The van der Waals surface area contributed by atoms with Crippen LogP contribution < -0.4 is 5.32 Å². The molecule has 2 saturated heterocycles. The number of nitrogens with zero attached hydrogens (tertiary/aromatic N) is 2. The number of rotatable bonds is 7. The zero-order chi connectivity index (χ0) is 21.9. The summed E-state index contributed by atoms with van der Waals surface area (Å²) in [5, 5.41) is 2.71. The molecule has 1 N–H and O–H groups in total. The van der Waals surface area contributed by atoms with E-state index in [1.54, 1.807) is 24.3 Å². The van der Waals surface area contributed by atoms with Crippen LogP contribution in [0.3, 0.4) is 0 Å². The highest BCUT2D eigenvalue weighted by Gasteiger charge is 2.53. The normalized spacial score (nSPS) is 19.7. The molecule has 0 aromatic heterocycles. The molecule has 2 fully saturated rings. The van der Waals surface area contributed by atoms with Gasteiger partial charge in [0.2, 0.25) is 0 Å². The minimum atomic E-state index is -3.15. The first-order valence-electron chi connectivity index (χ1n) is 10.4. The van der Waals surface area contributed by atoms with Crippen LogP contribution in [-0.4, -0.2) is 66.2 Å². The van der Waals surface area contributed by atoms with Crippen molar-refractivity contribution in [3.05, 3.63) is 35.4 Å². The van der Waals surface area contributed by atoms with Crippen LogP contribution in [0.5, 0.6) is 0 Å². The Kier molecular flexibility index (Phi) is 6.50. The maximum Gasteiger partial charge on any atom is 0.325 e. The predicted octanol–water partition coefficient (Wildman–Crippen LogP) is 1.95. The summed E-state index contributed by atoms with van der Waals surface area (Å²) in [6.07, 6.45) is 1.99. The van der Waals surface area contributed by atoms with E-state index in [0.29, 0.717) is 18.7 Å². The Balaban J connectivity index is 1.69. The standard InChI is InChI=1S/C21H29N3O5S/c1-3-11-23(12-4-2)18(25)17-7-5-16(6-8-17)15-24-19(26)21(22-20(24)27)9-13-30(28,29)14-10-21/h5-8H,3-4,9-15H2,1-2H3,(H,22,27). The van der Waals surface area contributed by atoms with E-state index in [9.17, 15) is 22.8 Å². The summed E-state index contributed by atoms with van der Waals surface area (Å²) in [6.45, 7) is 5.56. The van der Waals surface area contributed by atoms with Crippen molar-refractivity contribution < 1.29 is 22.8 Å². The number of nitrogens with one attached hydrogen (secondary N) is 1. The lowest BCUT2D eigenvalue weighted by Crippen LogP contribution is -2.52.